The summed E-state index contributed by atoms with van der Waals surface area (Å²) < 4.78 is 5.23. The maximum Gasteiger partial charge on any atom is 0.254 e. The van der Waals surface area contributed by atoms with Gasteiger partial charge in [-0.25, -0.2) is 0 Å². The quantitative estimate of drug-likeness (QED) is 0.847. The number of nitrogens with zero attached hydrogens (tertiary/aromatic N) is 1. The van der Waals surface area contributed by atoms with Gasteiger partial charge in [0.2, 0.25) is 0 Å². The Kier molecular flexibility index (Phi) is 5.89. The van der Waals surface area contributed by atoms with E-state index in [1.54, 1.807) is 6.07 Å². The summed E-state index contributed by atoms with van der Waals surface area (Å²) in [4.78, 5) is 14.8. The number of benzene rings is 1. The summed E-state index contributed by atoms with van der Waals surface area (Å²) in [5, 5.41) is 2.98. The van der Waals surface area contributed by atoms with Gasteiger partial charge in [-0.3, -0.25) is 9.69 Å². The molecule has 1 aliphatic rings. The van der Waals surface area contributed by atoms with Gasteiger partial charge >= 0.3 is 0 Å². The number of rotatable bonds is 6. The minimum Gasteiger partial charge on any atom is -0.467 e. The van der Waals surface area contributed by atoms with Crippen molar-refractivity contribution in [3.8, 4) is 0 Å². The summed E-state index contributed by atoms with van der Waals surface area (Å²) >= 11 is 0. The zero-order valence-corrected chi connectivity index (χ0v) is 14.8. The summed E-state index contributed by atoms with van der Waals surface area (Å²) in [5.41, 5.74) is 8.48. The molecule has 0 spiro atoms. The van der Waals surface area contributed by atoms with Crippen LogP contribution in [-0.4, -0.2) is 23.9 Å². The number of furan rings is 1. The number of nitrogens with two attached hydrogens (primary N) is 1. The molecule has 5 heteroatoms. The molecule has 2 aromatic rings. The first-order valence-electron chi connectivity index (χ1n) is 9.00. The molecule has 1 fully saturated rings. The van der Waals surface area contributed by atoms with Crippen molar-refractivity contribution in [1.82, 2.24) is 10.2 Å². The minimum atomic E-state index is -0.134. The molecule has 0 radical (unpaired) electrons. The molecule has 1 aliphatic heterocycles. The van der Waals surface area contributed by atoms with E-state index in [4.69, 9.17) is 10.2 Å². The Balaban J connectivity index is 1.59. The molecule has 25 heavy (non-hydrogen) atoms. The van der Waals surface area contributed by atoms with E-state index >= 15 is 0 Å². The average Bonchev–Trinajstić information content (AvgIpc) is 3.12. The Morgan fingerprint density at radius 3 is 2.68 bits per heavy atom. The second-order valence-corrected chi connectivity index (χ2v) is 6.92. The summed E-state index contributed by atoms with van der Waals surface area (Å²) in [7, 11) is 0. The highest BCUT2D eigenvalue weighted by molar-refractivity contribution is 5.93. The lowest BCUT2D eigenvalue weighted by atomic mass is 9.98. The normalized spacial score (nSPS) is 16.1. The van der Waals surface area contributed by atoms with Crippen LogP contribution in [0.5, 0.6) is 0 Å². The molecule has 2 heterocycles. The van der Waals surface area contributed by atoms with Gasteiger partial charge in [0.25, 0.3) is 5.91 Å². The van der Waals surface area contributed by atoms with Crippen molar-refractivity contribution in [2.75, 3.05) is 13.1 Å². The lowest BCUT2D eigenvalue weighted by Gasteiger charge is -2.30. The van der Waals surface area contributed by atoms with Crippen LogP contribution in [-0.2, 0) is 19.6 Å². The van der Waals surface area contributed by atoms with E-state index < -0.39 is 0 Å². The van der Waals surface area contributed by atoms with Gasteiger partial charge in [0, 0.05) is 13.1 Å². The van der Waals surface area contributed by atoms with Crippen LogP contribution in [0.15, 0.2) is 41.0 Å². The number of likely N-dealkylation sites (tertiary alicyclic amines) is 1. The van der Waals surface area contributed by atoms with Gasteiger partial charge in [-0.2, -0.15) is 0 Å². The molecule has 1 aromatic heterocycles. The van der Waals surface area contributed by atoms with E-state index in [1.807, 2.05) is 6.07 Å². The van der Waals surface area contributed by atoms with Gasteiger partial charge in [0.15, 0.2) is 0 Å². The van der Waals surface area contributed by atoms with Crippen molar-refractivity contribution in [1.29, 1.82) is 0 Å². The highest BCUT2D eigenvalue weighted by atomic mass is 16.3. The lowest BCUT2D eigenvalue weighted by molar-refractivity contribution is 0.0950. The Morgan fingerprint density at radius 1 is 1.28 bits per heavy atom. The second-order valence-electron chi connectivity index (χ2n) is 6.92. The summed E-state index contributed by atoms with van der Waals surface area (Å²) in [6.07, 6.45) is 3.99. The maximum atomic E-state index is 12.3. The van der Waals surface area contributed by atoms with Crippen molar-refractivity contribution in [2.24, 2.45) is 11.7 Å². The van der Waals surface area contributed by atoms with Gasteiger partial charge in [-0.1, -0.05) is 31.2 Å². The smallest absolute Gasteiger partial charge is 0.254 e. The van der Waals surface area contributed by atoms with Gasteiger partial charge in [0.05, 0.1) is 12.1 Å². The Labute approximate surface area is 149 Å². The third-order valence-electron chi connectivity index (χ3n) is 4.95. The lowest BCUT2D eigenvalue weighted by Crippen LogP contribution is -2.33. The molecule has 0 atom stereocenters. The molecule has 1 saturated heterocycles. The predicted octanol–water partition coefficient (Wildman–Crippen LogP) is 2.90. The van der Waals surface area contributed by atoms with E-state index in [1.165, 1.54) is 24.7 Å². The standard InChI is InChI=1S/C20H27N3O2/c1-15-6-8-23(9-7-15)13-17-5-3-2-4-16(17)12-22-20(24)18-10-19(11-21)25-14-18/h2-5,10,14-15H,6-9,11-13,21H2,1H3,(H,22,24). The number of hydrogen-bond acceptors (Lipinski definition) is 4. The van der Waals surface area contributed by atoms with Crippen LogP contribution in [0.2, 0.25) is 0 Å². The molecule has 1 aromatic carbocycles. The molecule has 1 amide bonds. The van der Waals surface area contributed by atoms with Crippen LogP contribution >= 0.6 is 0 Å². The first-order chi connectivity index (χ1) is 12.2. The second kappa shape index (κ2) is 8.32. The number of piperidine rings is 1. The van der Waals surface area contributed by atoms with Crippen molar-refractivity contribution < 1.29 is 9.21 Å². The van der Waals surface area contributed by atoms with Gasteiger partial charge in [0.1, 0.15) is 12.0 Å². The topological polar surface area (TPSA) is 71.5 Å². The summed E-state index contributed by atoms with van der Waals surface area (Å²) in [6, 6.07) is 10.0. The molecular weight excluding hydrogens is 314 g/mol. The monoisotopic (exact) mass is 341 g/mol. The van der Waals surface area contributed by atoms with E-state index in [9.17, 15) is 4.79 Å². The maximum absolute atomic E-state index is 12.3. The van der Waals surface area contributed by atoms with Gasteiger partial charge in [-0.15, -0.1) is 0 Å². The zero-order valence-electron chi connectivity index (χ0n) is 14.8. The molecule has 3 N–H and O–H groups in total. The fraction of sp³-hybridized carbons (Fsp3) is 0.450. The third-order valence-corrected chi connectivity index (χ3v) is 4.95. The largest absolute Gasteiger partial charge is 0.467 e. The Morgan fingerprint density at radius 2 is 2.00 bits per heavy atom. The number of nitrogens with one attached hydrogen (secondary N) is 1. The first-order valence-corrected chi connectivity index (χ1v) is 9.00. The molecule has 3 rings (SSSR count). The molecular formula is C20H27N3O2. The number of carbonyl (C=O) groups excluding carboxylic acids is 1. The molecule has 0 bridgehead atoms. The molecule has 0 aliphatic carbocycles. The Bertz CT molecular complexity index is 702. The van der Waals surface area contributed by atoms with Crippen molar-refractivity contribution >= 4 is 5.91 Å². The van der Waals surface area contributed by atoms with E-state index in [0.29, 0.717) is 24.4 Å². The molecule has 0 unspecified atom stereocenters. The van der Waals surface area contributed by atoms with Gasteiger partial charge < -0.3 is 15.5 Å². The van der Waals surface area contributed by atoms with E-state index in [2.05, 4.69) is 35.3 Å². The number of hydrogen-bond donors (Lipinski definition) is 2. The third kappa shape index (κ3) is 4.71. The summed E-state index contributed by atoms with van der Waals surface area (Å²) in [5.74, 6) is 1.31. The SMILES string of the molecule is CC1CCN(Cc2ccccc2CNC(=O)c2coc(CN)c2)CC1. The fourth-order valence-corrected chi connectivity index (χ4v) is 3.23. The minimum absolute atomic E-state index is 0.134. The zero-order chi connectivity index (χ0) is 17.6. The average molecular weight is 341 g/mol. The highest BCUT2D eigenvalue weighted by Crippen LogP contribution is 2.19. The van der Waals surface area contributed by atoms with Crippen LogP contribution < -0.4 is 11.1 Å². The van der Waals surface area contributed by atoms with Crippen molar-refractivity contribution in [2.45, 2.75) is 39.4 Å². The molecule has 0 saturated carbocycles. The highest BCUT2D eigenvalue weighted by Gasteiger charge is 2.17. The van der Waals surface area contributed by atoms with Crippen LogP contribution in [0.1, 0.15) is 47.0 Å². The van der Waals surface area contributed by atoms with Crippen molar-refractivity contribution in [3.05, 3.63) is 59.0 Å². The van der Waals surface area contributed by atoms with Gasteiger partial charge in [-0.05, 0) is 49.0 Å². The van der Waals surface area contributed by atoms with E-state index in [0.717, 1.165) is 31.1 Å². The Hall–Kier alpha value is -2.11. The van der Waals surface area contributed by atoms with Crippen LogP contribution in [0.3, 0.4) is 0 Å². The molecule has 5 nitrogen and oxygen atoms in total. The summed E-state index contributed by atoms with van der Waals surface area (Å²) in [6.45, 7) is 6.39. The number of amides is 1. The van der Waals surface area contributed by atoms with Crippen molar-refractivity contribution in [3.63, 3.8) is 0 Å². The van der Waals surface area contributed by atoms with E-state index in [-0.39, 0.29) is 5.91 Å². The van der Waals surface area contributed by atoms with Crippen LogP contribution in [0.25, 0.3) is 0 Å². The van der Waals surface area contributed by atoms with Crippen LogP contribution in [0.4, 0.5) is 0 Å². The molecule has 134 valence electrons. The fourth-order valence-electron chi connectivity index (χ4n) is 3.23. The number of carbonyl (C=O) groups is 1. The van der Waals surface area contributed by atoms with Crippen LogP contribution in [0, 0.1) is 5.92 Å². The first kappa shape index (κ1) is 17.7. The predicted molar refractivity (Wildman–Crippen MR) is 97.9 cm³/mol.